The second-order valence-corrected chi connectivity index (χ2v) is 9.17. The zero-order valence-corrected chi connectivity index (χ0v) is 13.8. The minimum Gasteiger partial charge on any atom is -0.384 e. The molecule has 1 heterocycles. The van der Waals surface area contributed by atoms with E-state index in [1.165, 1.54) is 0 Å². The van der Waals surface area contributed by atoms with Gasteiger partial charge in [-0.3, -0.25) is 0 Å². The molecule has 0 atom stereocenters. The molecule has 21 heavy (non-hydrogen) atoms. The Bertz CT molecular complexity index is 654. The topological polar surface area (TPSA) is 57.6 Å². The maximum atomic E-state index is 12.6. The summed E-state index contributed by atoms with van der Waals surface area (Å²) in [5.74, 6) is 6.11. The molecule has 0 aliphatic carbocycles. The first-order valence-corrected chi connectivity index (χ1v) is 9.12. The van der Waals surface area contributed by atoms with Crippen molar-refractivity contribution in [3.05, 3.63) is 29.8 Å². The number of thioether (sulfide) groups is 1. The number of benzene rings is 1. The Morgan fingerprint density at radius 3 is 2.57 bits per heavy atom. The van der Waals surface area contributed by atoms with Crippen LogP contribution in [0.25, 0.3) is 0 Å². The average Bonchev–Trinajstić information content (AvgIpc) is 2.44. The van der Waals surface area contributed by atoms with Crippen molar-refractivity contribution in [2.75, 3.05) is 25.4 Å². The van der Waals surface area contributed by atoms with E-state index < -0.39 is 10.0 Å². The average molecular weight is 325 g/mol. The molecule has 0 bridgehead atoms. The molecular formula is C15H19NO3S2. The summed E-state index contributed by atoms with van der Waals surface area (Å²) in [7, 11) is -3.45. The zero-order chi connectivity index (χ0) is 15.5. The Morgan fingerprint density at radius 1 is 1.33 bits per heavy atom. The van der Waals surface area contributed by atoms with Gasteiger partial charge in [-0.2, -0.15) is 16.1 Å². The summed E-state index contributed by atoms with van der Waals surface area (Å²) in [6, 6.07) is 6.48. The standard InChI is InChI=1S/C15H19NO3S2/c1-15(2)12-16(9-11-20-15)21(18,19)14-7-5-13(6-8-14)4-3-10-17/h5-8,17H,9-12H2,1-2H3. The van der Waals surface area contributed by atoms with Crippen LogP contribution in [0.5, 0.6) is 0 Å². The van der Waals surface area contributed by atoms with E-state index in [-0.39, 0.29) is 11.4 Å². The molecule has 0 spiro atoms. The van der Waals surface area contributed by atoms with Crippen molar-refractivity contribution in [3.63, 3.8) is 0 Å². The predicted octanol–water partition coefficient (Wildman–Crippen LogP) is 1.55. The van der Waals surface area contributed by atoms with Crippen molar-refractivity contribution in [2.45, 2.75) is 23.5 Å². The molecule has 1 N–H and O–H groups in total. The van der Waals surface area contributed by atoms with Gasteiger partial charge < -0.3 is 5.11 Å². The quantitative estimate of drug-likeness (QED) is 0.838. The molecule has 0 unspecified atom stereocenters. The van der Waals surface area contributed by atoms with Crippen LogP contribution in [-0.4, -0.2) is 48.0 Å². The molecule has 1 saturated heterocycles. The Morgan fingerprint density at radius 2 is 2.00 bits per heavy atom. The van der Waals surface area contributed by atoms with Gasteiger partial charge in [-0.1, -0.05) is 11.8 Å². The lowest BCUT2D eigenvalue weighted by Gasteiger charge is -2.36. The van der Waals surface area contributed by atoms with E-state index in [2.05, 4.69) is 25.7 Å². The molecule has 1 aromatic rings. The molecule has 0 saturated carbocycles. The highest BCUT2D eigenvalue weighted by atomic mass is 32.2. The Balaban J connectivity index is 2.23. The highest BCUT2D eigenvalue weighted by Gasteiger charge is 2.34. The third-order valence-corrected chi connectivity index (χ3v) is 6.35. The summed E-state index contributed by atoms with van der Waals surface area (Å²) in [5.41, 5.74) is 0.692. The molecule has 6 heteroatoms. The molecule has 114 valence electrons. The third kappa shape index (κ3) is 4.01. The number of aliphatic hydroxyl groups is 1. The smallest absolute Gasteiger partial charge is 0.243 e. The van der Waals surface area contributed by atoms with E-state index in [0.717, 1.165) is 5.75 Å². The maximum Gasteiger partial charge on any atom is 0.243 e. The second-order valence-electron chi connectivity index (χ2n) is 5.43. The van der Waals surface area contributed by atoms with E-state index >= 15 is 0 Å². The predicted molar refractivity (Wildman–Crippen MR) is 85.7 cm³/mol. The summed E-state index contributed by atoms with van der Waals surface area (Å²) in [6.45, 7) is 4.98. The lowest BCUT2D eigenvalue weighted by molar-refractivity contribution is 0.350. The van der Waals surface area contributed by atoms with Gasteiger partial charge in [0.25, 0.3) is 0 Å². The van der Waals surface area contributed by atoms with E-state index in [1.807, 2.05) is 0 Å². The van der Waals surface area contributed by atoms with Crippen LogP contribution in [0.1, 0.15) is 19.4 Å². The molecule has 1 aromatic carbocycles. The molecule has 1 aliphatic rings. The van der Waals surface area contributed by atoms with Crippen LogP contribution in [0.4, 0.5) is 0 Å². The van der Waals surface area contributed by atoms with Crippen LogP contribution in [0, 0.1) is 11.8 Å². The summed E-state index contributed by atoms with van der Waals surface area (Å²) in [6.07, 6.45) is 0. The lowest BCUT2D eigenvalue weighted by atomic mass is 10.2. The molecule has 1 aliphatic heterocycles. The Kier molecular flexibility index (Phi) is 4.99. The summed E-state index contributed by atoms with van der Waals surface area (Å²) in [4.78, 5) is 0.291. The van der Waals surface area contributed by atoms with E-state index in [9.17, 15) is 8.42 Å². The van der Waals surface area contributed by atoms with E-state index in [0.29, 0.717) is 23.5 Å². The van der Waals surface area contributed by atoms with Crippen LogP contribution >= 0.6 is 11.8 Å². The van der Waals surface area contributed by atoms with Gasteiger partial charge in [0.15, 0.2) is 0 Å². The number of sulfonamides is 1. The van der Waals surface area contributed by atoms with Gasteiger partial charge in [0, 0.05) is 29.2 Å². The normalized spacial score (nSPS) is 18.8. The van der Waals surface area contributed by atoms with E-state index in [4.69, 9.17) is 5.11 Å². The summed E-state index contributed by atoms with van der Waals surface area (Å²) >= 11 is 1.80. The van der Waals surface area contributed by atoms with Gasteiger partial charge in [0.2, 0.25) is 10.0 Å². The molecular weight excluding hydrogens is 306 g/mol. The minimum absolute atomic E-state index is 0.0577. The molecule has 0 aromatic heterocycles. The second kappa shape index (κ2) is 6.41. The molecule has 0 radical (unpaired) electrons. The first-order valence-electron chi connectivity index (χ1n) is 6.69. The number of rotatable bonds is 2. The van der Waals surface area contributed by atoms with Gasteiger partial charge >= 0.3 is 0 Å². The number of hydrogen-bond donors (Lipinski definition) is 1. The molecule has 2 rings (SSSR count). The highest BCUT2D eigenvalue weighted by molar-refractivity contribution is 8.00. The molecule has 4 nitrogen and oxygen atoms in total. The van der Waals surface area contributed by atoms with Gasteiger partial charge in [-0.05, 0) is 38.1 Å². The van der Waals surface area contributed by atoms with Crippen LogP contribution in [0.3, 0.4) is 0 Å². The molecule has 0 amide bonds. The van der Waals surface area contributed by atoms with Crippen LogP contribution < -0.4 is 0 Å². The Hall–Kier alpha value is -1.00. The number of hydrogen-bond acceptors (Lipinski definition) is 4. The van der Waals surface area contributed by atoms with E-state index in [1.54, 1.807) is 40.3 Å². The molecule has 1 fully saturated rings. The summed E-state index contributed by atoms with van der Waals surface area (Å²) < 4.78 is 26.8. The monoisotopic (exact) mass is 325 g/mol. The van der Waals surface area contributed by atoms with Gasteiger partial charge in [-0.15, -0.1) is 0 Å². The Labute approximate surface area is 130 Å². The minimum atomic E-state index is -3.45. The van der Waals surface area contributed by atoms with Crippen molar-refractivity contribution in [1.29, 1.82) is 0 Å². The third-order valence-electron chi connectivity index (χ3n) is 3.19. The lowest BCUT2D eigenvalue weighted by Crippen LogP contribution is -2.46. The van der Waals surface area contributed by atoms with Crippen molar-refractivity contribution in [1.82, 2.24) is 4.31 Å². The van der Waals surface area contributed by atoms with Crippen molar-refractivity contribution < 1.29 is 13.5 Å². The maximum absolute atomic E-state index is 12.6. The highest BCUT2D eigenvalue weighted by Crippen LogP contribution is 2.32. The SMILES string of the molecule is CC1(C)CN(S(=O)(=O)c2ccc(C#CCO)cc2)CCS1. The largest absolute Gasteiger partial charge is 0.384 e. The fourth-order valence-corrected chi connectivity index (χ4v) is 5.09. The number of aliphatic hydroxyl groups excluding tert-OH is 1. The van der Waals surface area contributed by atoms with Gasteiger partial charge in [0.1, 0.15) is 6.61 Å². The first-order chi connectivity index (χ1) is 9.85. The first kappa shape index (κ1) is 16.4. The van der Waals surface area contributed by atoms with Crippen molar-refractivity contribution in [3.8, 4) is 11.8 Å². The number of nitrogens with zero attached hydrogens (tertiary/aromatic N) is 1. The van der Waals surface area contributed by atoms with Crippen molar-refractivity contribution in [2.24, 2.45) is 0 Å². The van der Waals surface area contributed by atoms with Crippen LogP contribution in [-0.2, 0) is 10.0 Å². The van der Waals surface area contributed by atoms with Crippen LogP contribution in [0.15, 0.2) is 29.2 Å². The van der Waals surface area contributed by atoms with Gasteiger partial charge in [-0.25, -0.2) is 8.42 Å². The fraction of sp³-hybridized carbons (Fsp3) is 0.467. The van der Waals surface area contributed by atoms with Crippen LogP contribution in [0.2, 0.25) is 0 Å². The fourth-order valence-electron chi connectivity index (χ4n) is 2.18. The zero-order valence-electron chi connectivity index (χ0n) is 12.2. The van der Waals surface area contributed by atoms with Crippen molar-refractivity contribution >= 4 is 21.8 Å². The summed E-state index contributed by atoms with van der Waals surface area (Å²) in [5, 5.41) is 8.65. The van der Waals surface area contributed by atoms with Gasteiger partial charge in [0.05, 0.1) is 4.90 Å².